The van der Waals surface area contributed by atoms with Gasteiger partial charge in [-0.25, -0.2) is 0 Å². The average molecular weight is 312 g/mol. The summed E-state index contributed by atoms with van der Waals surface area (Å²) < 4.78 is 0.895. The summed E-state index contributed by atoms with van der Waals surface area (Å²) in [6.45, 7) is 4.39. The Bertz CT molecular complexity index is 430. The molecule has 0 bridgehead atoms. The van der Waals surface area contributed by atoms with Crippen LogP contribution in [0.3, 0.4) is 0 Å². The maximum Gasteiger partial charge on any atom is 0.238 e. The highest BCUT2D eigenvalue weighted by Crippen LogP contribution is 2.21. The van der Waals surface area contributed by atoms with Gasteiger partial charge in [0, 0.05) is 16.6 Å². The number of nitrogens with one attached hydrogen (secondary N) is 3. The first kappa shape index (κ1) is 13.5. The summed E-state index contributed by atoms with van der Waals surface area (Å²) in [4.78, 5) is 11.8. The zero-order valence-corrected chi connectivity index (χ0v) is 12.0. The van der Waals surface area contributed by atoms with Crippen molar-refractivity contribution >= 4 is 27.5 Å². The zero-order chi connectivity index (χ0) is 13.0. The number of anilines is 1. The summed E-state index contributed by atoms with van der Waals surface area (Å²) in [5.74, 6) is -0.0185. The first-order chi connectivity index (χ1) is 8.59. The molecule has 1 saturated heterocycles. The lowest BCUT2D eigenvalue weighted by Gasteiger charge is -2.24. The van der Waals surface area contributed by atoms with Crippen molar-refractivity contribution in [3.05, 3.63) is 28.7 Å². The molecule has 4 nitrogen and oxygen atoms in total. The van der Waals surface area contributed by atoms with E-state index >= 15 is 0 Å². The molecular formula is C13H18BrN3O. The van der Waals surface area contributed by atoms with Crippen LogP contribution in [0.4, 0.5) is 5.69 Å². The predicted octanol–water partition coefficient (Wildman–Crippen LogP) is 1.73. The van der Waals surface area contributed by atoms with Crippen molar-refractivity contribution in [2.24, 2.45) is 0 Å². The van der Waals surface area contributed by atoms with Crippen molar-refractivity contribution in [1.29, 1.82) is 0 Å². The van der Waals surface area contributed by atoms with Crippen molar-refractivity contribution in [2.75, 3.05) is 25.0 Å². The fourth-order valence-electron chi connectivity index (χ4n) is 2.02. The van der Waals surface area contributed by atoms with Gasteiger partial charge in [0.05, 0.1) is 12.2 Å². The maximum atomic E-state index is 11.8. The minimum atomic E-state index is -0.0185. The van der Waals surface area contributed by atoms with Gasteiger partial charge < -0.3 is 16.0 Å². The second kappa shape index (κ2) is 5.82. The topological polar surface area (TPSA) is 53.2 Å². The van der Waals surface area contributed by atoms with Crippen molar-refractivity contribution < 1.29 is 4.79 Å². The molecule has 1 fully saturated rings. The molecule has 1 aliphatic heterocycles. The number of para-hydroxylation sites is 1. The number of hydrogen-bond acceptors (Lipinski definition) is 3. The van der Waals surface area contributed by atoms with Crippen LogP contribution in [-0.2, 0) is 4.79 Å². The Kier molecular flexibility index (Phi) is 4.37. The van der Waals surface area contributed by atoms with E-state index in [4.69, 9.17) is 0 Å². The molecule has 1 aromatic carbocycles. The number of benzene rings is 1. The molecule has 1 amide bonds. The molecule has 0 spiro atoms. The van der Waals surface area contributed by atoms with E-state index in [-0.39, 0.29) is 11.4 Å². The molecule has 18 heavy (non-hydrogen) atoms. The van der Waals surface area contributed by atoms with E-state index < -0.39 is 0 Å². The summed E-state index contributed by atoms with van der Waals surface area (Å²) in [5.41, 5.74) is 0.838. The number of carbonyl (C=O) groups is 1. The van der Waals surface area contributed by atoms with Gasteiger partial charge in [0.25, 0.3) is 0 Å². The van der Waals surface area contributed by atoms with Crippen LogP contribution in [0.25, 0.3) is 0 Å². The van der Waals surface area contributed by atoms with E-state index in [1.54, 1.807) is 0 Å². The third-order valence-corrected chi connectivity index (χ3v) is 3.88. The SMILES string of the molecule is CC1(NCC(=O)Nc2ccccc2Br)CCNC1. The minimum absolute atomic E-state index is 0.0185. The highest BCUT2D eigenvalue weighted by atomic mass is 79.9. The van der Waals surface area contributed by atoms with Gasteiger partial charge in [0.2, 0.25) is 5.91 Å². The number of amides is 1. The van der Waals surface area contributed by atoms with Crippen molar-refractivity contribution in [1.82, 2.24) is 10.6 Å². The summed E-state index contributed by atoms with van der Waals surface area (Å²) in [7, 11) is 0. The number of carbonyl (C=O) groups excluding carboxylic acids is 1. The quantitative estimate of drug-likeness (QED) is 0.794. The van der Waals surface area contributed by atoms with Crippen LogP contribution in [0.5, 0.6) is 0 Å². The normalized spacial score (nSPS) is 23.0. The van der Waals surface area contributed by atoms with Gasteiger partial charge in [-0.15, -0.1) is 0 Å². The average Bonchev–Trinajstić information content (AvgIpc) is 2.77. The Hall–Kier alpha value is -0.910. The fourth-order valence-corrected chi connectivity index (χ4v) is 2.40. The Morgan fingerprint density at radius 2 is 2.28 bits per heavy atom. The molecule has 1 aliphatic rings. The Morgan fingerprint density at radius 3 is 2.94 bits per heavy atom. The molecule has 0 saturated carbocycles. The van der Waals surface area contributed by atoms with Crippen LogP contribution < -0.4 is 16.0 Å². The summed E-state index contributed by atoms with van der Waals surface area (Å²) >= 11 is 3.41. The van der Waals surface area contributed by atoms with Gasteiger partial charge in [-0.2, -0.15) is 0 Å². The highest BCUT2D eigenvalue weighted by molar-refractivity contribution is 9.10. The van der Waals surface area contributed by atoms with Crippen molar-refractivity contribution in [3.63, 3.8) is 0 Å². The summed E-state index contributed by atoms with van der Waals surface area (Å²) in [6, 6.07) is 7.60. The first-order valence-electron chi connectivity index (χ1n) is 6.09. The molecule has 1 aromatic rings. The largest absolute Gasteiger partial charge is 0.324 e. The third kappa shape index (κ3) is 3.54. The molecular weight excluding hydrogens is 294 g/mol. The Balaban J connectivity index is 1.84. The molecule has 1 unspecified atom stereocenters. The summed E-state index contributed by atoms with van der Waals surface area (Å²) in [5, 5.41) is 9.48. The number of rotatable bonds is 4. The van der Waals surface area contributed by atoms with Gasteiger partial charge in [0.15, 0.2) is 0 Å². The third-order valence-electron chi connectivity index (χ3n) is 3.19. The molecule has 5 heteroatoms. The van der Waals surface area contributed by atoms with Gasteiger partial charge >= 0.3 is 0 Å². The summed E-state index contributed by atoms with van der Waals surface area (Å²) in [6.07, 6.45) is 1.05. The monoisotopic (exact) mass is 311 g/mol. The van der Waals surface area contributed by atoms with Crippen LogP contribution in [0.1, 0.15) is 13.3 Å². The van der Waals surface area contributed by atoms with E-state index in [2.05, 4.69) is 38.8 Å². The van der Waals surface area contributed by atoms with Crippen LogP contribution in [-0.4, -0.2) is 31.1 Å². The molecule has 2 rings (SSSR count). The van der Waals surface area contributed by atoms with Crippen molar-refractivity contribution in [2.45, 2.75) is 18.9 Å². The lowest BCUT2D eigenvalue weighted by atomic mass is 10.0. The lowest BCUT2D eigenvalue weighted by molar-refractivity contribution is -0.115. The Labute approximate surface area is 116 Å². The van der Waals surface area contributed by atoms with E-state index in [9.17, 15) is 4.79 Å². The molecule has 0 radical (unpaired) electrons. The molecule has 1 heterocycles. The minimum Gasteiger partial charge on any atom is -0.324 e. The maximum absolute atomic E-state index is 11.8. The molecule has 3 N–H and O–H groups in total. The van der Waals surface area contributed by atoms with Crippen LogP contribution >= 0.6 is 15.9 Å². The second-order valence-corrected chi connectivity index (χ2v) is 5.72. The zero-order valence-electron chi connectivity index (χ0n) is 10.4. The van der Waals surface area contributed by atoms with Gasteiger partial charge in [-0.3, -0.25) is 4.79 Å². The van der Waals surface area contributed by atoms with Gasteiger partial charge in [-0.1, -0.05) is 12.1 Å². The molecule has 0 aromatic heterocycles. The molecule has 0 aliphatic carbocycles. The molecule has 1 atom stereocenters. The van der Waals surface area contributed by atoms with Crippen LogP contribution in [0, 0.1) is 0 Å². The first-order valence-corrected chi connectivity index (χ1v) is 6.88. The van der Waals surface area contributed by atoms with Gasteiger partial charge in [-0.05, 0) is 48.0 Å². The van der Waals surface area contributed by atoms with E-state index in [0.29, 0.717) is 6.54 Å². The van der Waals surface area contributed by atoms with Gasteiger partial charge in [0.1, 0.15) is 0 Å². The standard InChI is InChI=1S/C13H18BrN3O/c1-13(6-7-15-9-13)16-8-12(18)17-11-5-3-2-4-10(11)14/h2-5,15-16H,6-9H2,1H3,(H,17,18). The molecule has 98 valence electrons. The Morgan fingerprint density at radius 1 is 1.50 bits per heavy atom. The van der Waals surface area contributed by atoms with E-state index in [1.165, 1.54) is 0 Å². The van der Waals surface area contributed by atoms with Crippen LogP contribution in [0.2, 0.25) is 0 Å². The smallest absolute Gasteiger partial charge is 0.238 e. The van der Waals surface area contributed by atoms with Crippen LogP contribution in [0.15, 0.2) is 28.7 Å². The fraction of sp³-hybridized carbons (Fsp3) is 0.462. The lowest BCUT2D eigenvalue weighted by Crippen LogP contribution is -2.47. The second-order valence-electron chi connectivity index (χ2n) is 4.87. The predicted molar refractivity (Wildman–Crippen MR) is 76.7 cm³/mol. The van der Waals surface area contributed by atoms with E-state index in [1.807, 2.05) is 24.3 Å². The highest BCUT2D eigenvalue weighted by Gasteiger charge is 2.28. The number of halogens is 1. The van der Waals surface area contributed by atoms with E-state index in [0.717, 1.165) is 29.7 Å². The number of hydrogen-bond donors (Lipinski definition) is 3. The van der Waals surface area contributed by atoms with Crippen molar-refractivity contribution in [3.8, 4) is 0 Å².